The predicted octanol–water partition coefficient (Wildman–Crippen LogP) is 8.71. The van der Waals surface area contributed by atoms with E-state index in [1.54, 1.807) is 6.07 Å². The Morgan fingerprint density at radius 2 is 1.32 bits per heavy atom. The summed E-state index contributed by atoms with van der Waals surface area (Å²) in [7, 11) is -2.39. The third-order valence-electron chi connectivity index (χ3n) is 6.91. The standard InChI is InChI=1S/C28H11BF10O2/c30-14-7-5-12-17(20(14)33)22(35)24(37)19(12)29(40-27-11-4-2-1-3-10(11)9-16(27)32)41-28-13-6-8-15(31)21(34)18(13)23(36)25(38)26(28)39/h1-9,19,27H. The zero-order valence-electron chi connectivity index (χ0n) is 20.0. The Bertz CT molecular complexity index is 1840. The molecule has 2 aliphatic rings. The quantitative estimate of drug-likeness (QED) is 0.134. The van der Waals surface area contributed by atoms with Gasteiger partial charge in [0.2, 0.25) is 5.82 Å². The van der Waals surface area contributed by atoms with E-state index in [0.29, 0.717) is 23.8 Å². The molecule has 2 nitrogen and oxygen atoms in total. The zero-order valence-corrected chi connectivity index (χ0v) is 20.0. The van der Waals surface area contributed by atoms with Gasteiger partial charge in [-0.05, 0) is 41.0 Å². The number of benzene rings is 4. The third kappa shape index (κ3) is 4.01. The van der Waals surface area contributed by atoms with Gasteiger partial charge in [-0.25, -0.2) is 39.5 Å². The Balaban J connectivity index is 1.55. The molecule has 208 valence electrons. The fourth-order valence-electron chi connectivity index (χ4n) is 5.02. The van der Waals surface area contributed by atoms with Gasteiger partial charge in [-0.1, -0.05) is 30.3 Å². The monoisotopic (exact) mass is 580 g/mol. The molecule has 0 N–H and O–H groups in total. The maximum Gasteiger partial charge on any atom is 0.541 e. The van der Waals surface area contributed by atoms with E-state index < -0.39 is 105 Å². The van der Waals surface area contributed by atoms with E-state index in [1.165, 1.54) is 18.2 Å². The number of fused-ring (bicyclic) bond motifs is 3. The summed E-state index contributed by atoms with van der Waals surface area (Å²) in [6, 6.07) is 8.29. The number of rotatable bonds is 5. The molecular weight excluding hydrogens is 569 g/mol. The second kappa shape index (κ2) is 9.69. The second-order valence-corrected chi connectivity index (χ2v) is 9.18. The van der Waals surface area contributed by atoms with Gasteiger partial charge < -0.3 is 9.31 Å². The normalized spacial score (nSPS) is 17.7. The molecule has 2 aliphatic carbocycles. The summed E-state index contributed by atoms with van der Waals surface area (Å²) in [5, 5.41) is -2.26. The van der Waals surface area contributed by atoms with E-state index in [0.717, 1.165) is 12.1 Å². The van der Waals surface area contributed by atoms with Crippen LogP contribution in [0.3, 0.4) is 0 Å². The molecule has 0 amide bonds. The van der Waals surface area contributed by atoms with Crippen molar-refractivity contribution in [3.05, 3.63) is 123 Å². The molecule has 2 atom stereocenters. The van der Waals surface area contributed by atoms with Crippen LogP contribution in [0.1, 0.15) is 34.2 Å². The van der Waals surface area contributed by atoms with Crippen molar-refractivity contribution in [2.45, 2.75) is 11.9 Å². The molecule has 2 unspecified atom stereocenters. The summed E-state index contributed by atoms with van der Waals surface area (Å²) in [6.07, 6.45) is -0.664. The Kier molecular flexibility index (Phi) is 6.36. The van der Waals surface area contributed by atoms with Gasteiger partial charge >= 0.3 is 7.12 Å². The van der Waals surface area contributed by atoms with Crippen LogP contribution in [0.5, 0.6) is 5.75 Å². The minimum absolute atomic E-state index is 0.149. The van der Waals surface area contributed by atoms with Crippen molar-refractivity contribution in [2.75, 3.05) is 0 Å². The van der Waals surface area contributed by atoms with E-state index in [1.807, 2.05) is 0 Å². The first-order chi connectivity index (χ1) is 19.5. The molecular formula is C28H11BF10O2. The van der Waals surface area contributed by atoms with Crippen molar-refractivity contribution in [1.82, 2.24) is 0 Å². The van der Waals surface area contributed by atoms with Gasteiger partial charge in [0, 0.05) is 5.39 Å². The highest BCUT2D eigenvalue weighted by Crippen LogP contribution is 2.49. The van der Waals surface area contributed by atoms with Crippen LogP contribution < -0.4 is 4.65 Å². The molecule has 0 fully saturated rings. The first-order valence-electron chi connectivity index (χ1n) is 11.8. The van der Waals surface area contributed by atoms with Crippen LogP contribution in [0.2, 0.25) is 0 Å². The number of hydrogen-bond acceptors (Lipinski definition) is 2. The van der Waals surface area contributed by atoms with Crippen LogP contribution in [-0.4, -0.2) is 7.12 Å². The van der Waals surface area contributed by atoms with Gasteiger partial charge in [-0.3, -0.25) is 0 Å². The maximum absolute atomic E-state index is 15.4. The van der Waals surface area contributed by atoms with Crippen molar-refractivity contribution in [3.8, 4) is 5.75 Å². The molecule has 0 saturated carbocycles. The summed E-state index contributed by atoms with van der Waals surface area (Å²) >= 11 is 0. The van der Waals surface area contributed by atoms with Crippen LogP contribution in [0.25, 0.3) is 22.7 Å². The first-order valence-corrected chi connectivity index (χ1v) is 11.8. The Labute approximate surface area is 224 Å². The lowest BCUT2D eigenvalue weighted by molar-refractivity contribution is 0.176. The third-order valence-corrected chi connectivity index (χ3v) is 6.91. The second-order valence-electron chi connectivity index (χ2n) is 9.18. The van der Waals surface area contributed by atoms with E-state index in [-0.39, 0.29) is 5.56 Å². The molecule has 4 aromatic rings. The van der Waals surface area contributed by atoms with Crippen molar-refractivity contribution >= 4 is 29.8 Å². The lowest BCUT2D eigenvalue weighted by atomic mass is 9.68. The van der Waals surface area contributed by atoms with Gasteiger partial charge in [-0.15, -0.1) is 0 Å². The summed E-state index contributed by atoms with van der Waals surface area (Å²) in [5.74, 6) is -21.5. The molecule has 4 aromatic carbocycles. The van der Waals surface area contributed by atoms with Crippen LogP contribution in [0.4, 0.5) is 43.9 Å². The number of halogens is 10. The van der Waals surface area contributed by atoms with Crippen LogP contribution in [0.15, 0.2) is 60.2 Å². The summed E-state index contributed by atoms with van der Waals surface area (Å²) < 4.78 is 157. The van der Waals surface area contributed by atoms with Crippen molar-refractivity contribution in [2.24, 2.45) is 0 Å². The molecule has 0 radical (unpaired) electrons. The first kappa shape index (κ1) is 26.9. The highest BCUT2D eigenvalue weighted by atomic mass is 19.2. The van der Waals surface area contributed by atoms with Crippen LogP contribution >= 0.6 is 0 Å². The van der Waals surface area contributed by atoms with Gasteiger partial charge in [0.25, 0.3) is 0 Å². The molecule has 0 aliphatic heterocycles. The van der Waals surface area contributed by atoms with Crippen molar-refractivity contribution < 1.29 is 53.2 Å². The van der Waals surface area contributed by atoms with E-state index in [4.69, 9.17) is 9.31 Å². The summed E-state index contributed by atoms with van der Waals surface area (Å²) in [6.45, 7) is 0. The van der Waals surface area contributed by atoms with Gasteiger partial charge in [0.05, 0.1) is 16.8 Å². The fraction of sp³-hybridized carbons (Fsp3) is 0.0714. The Morgan fingerprint density at radius 1 is 0.634 bits per heavy atom. The minimum atomic E-state index is -2.39. The van der Waals surface area contributed by atoms with E-state index in [2.05, 4.69) is 0 Å². The largest absolute Gasteiger partial charge is 0.541 e. The number of hydrogen-bond donors (Lipinski definition) is 0. The Hall–Kier alpha value is -4.26. The van der Waals surface area contributed by atoms with Crippen molar-refractivity contribution in [1.29, 1.82) is 0 Å². The lowest BCUT2D eigenvalue weighted by Gasteiger charge is -2.26. The van der Waals surface area contributed by atoms with Crippen LogP contribution in [-0.2, 0) is 4.65 Å². The predicted molar refractivity (Wildman–Crippen MR) is 128 cm³/mol. The Morgan fingerprint density at radius 3 is 2.07 bits per heavy atom. The summed E-state index contributed by atoms with van der Waals surface area (Å²) in [5.41, 5.74) is -1.31. The van der Waals surface area contributed by atoms with Gasteiger partial charge in [0.15, 0.2) is 40.7 Å². The average Bonchev–Trinajstić information content (AvgIpc) is 3.40. The molecule has 0 bridgehead atoms. The average molecular weight is 580 g/mol. The van der Waals surface area contributed by atoms with Gasteiger partial charge in [0.1, 0.15) is 23.5 Å². The molecule has 41 heavy (non-hydrogen) atoms. The highest BCUT2D eigenvalue weighted by Gasteiger charge is 2.49. The molecule has 6 rings (SSSR count). The molecule has 13 heteroatoms. The minimum Gasteiger partial charge on any atom is -0.533 e. The van der Waals surface area contributed by atoms with E-state index >= 15 is 13.2 Å². The molecule has 0 aromatic heterocycles. The highest BCUT2D eigenvalue weighted by molar-refractivity contribution is 6.49. The van der Waals surface area contributed by atoms with E-state index in [9.17, 15) is 30.7 Å². The fourth-order valence-corrected chi connectivity index (χ4v) is 5.02. The number of allylic oxidation sites excluding steroid dienone is 1. The molecule has 0 heterocycles. The van der Waals surface area contributed by atoms with Crippen molar-refractivity contribution in [3.63, 3.8) is 0 Å². The van der Waals surface area contributed by atoms with Crippen LogP contribution in [0, 0.1) is 40.7 Å². The topological polar surface area (TPSA) is 18.5 Å². The zero-order chi connectivity index (χ0) is 29.3. The molecule has 0 spiro atoms. The lowest BCUT2D eigenvalue weighted by Crippen LogP contribution is -2.36. The SMILES string of the molecule is FC1=Cc2ccccc2C1OB(Oc1c(F)c(F)c(F)c2c(F)c(F)ccc12)C1C(F)=C(F)c2c1ccc(F)c2F. The maximum atomic E-state index is 15.4. The van der Waals surface area contributed by atoms with Gasteiger partial charge in [-0.2, -0.15) is 4.39 Å². The summed E-state index contributed by atoms with van der Waals surface area (Å²) in [4.78, 5) is 0. The molecule has 0 saturated heterocycles. The smallest absolute Gasteiger partial charge is 0.533 e.